The highest BCUT2D eigenvalue weighted by atomic mass is 19.4. The van der Waals surface area contributed by atoms with Gasteiger partial charge in [0, 0.05) is 18.2 Å². The number of alkyl halides is 3. The van der Waals surface area contributed by atoms with Gasteiger partial charge in [0.1, 0.15) is 0 Å². The number of rotatable bonds is 3. The van der Waals surface area contributed by atoms with E-state index in [0.717, 1.165) is 6.42 Å². The monoisotopic (exact) mass is 343 g/mol. The van der Waals surface area contributed by atoms with E-state index in [0.29, 0.717) is 36.8 Å². The number of nitrogens with two attached hydrogens (primary N) is 1. The van der Waals surface area contributed by atoms with Crippen LogP contribution in [0.1, 0.15) is 25.7 Å². The van der Waals surface area contributed by atoms with Gasteiger partial charge in [0.2, 0.25) is 0 Å². The fraction of sp³-hybridized carbons (Fsp3) is 0.562. The van der Waals surface area contributed by atoms with E-state index in [1.165, 1.54) is 0 Å². The Morgan fingerprint density at radius 2 is 1.88 bits per heavy atom. The molecule has 1 aromatic carbocycles. The van der Waals surface area contributed by atoms with Gasteiger partial charge in [0.25, 0.3) is 0 Å². The summed E-state index contributed by atoms with van der Waals surface area (Å²) >= 11 is 0. The lowest BCUT2D eigenvalue weighted by molar-refractivity contribution is -0.245. The molecule has 0 spiro atoms. The molecule has 0 bridgehead atoms. The van der Waals surface area contributed by atoms with Gasteiger partial charge < -0.3 is 20.5 Å². The van der Waals surface area contributed by atoms with Crippen molar-refractivity contribution in [1.29, 1.82) is 0 Å². The highest BCUT2D eigenvalue weighted by Crippen LogP contribution is 2.53. The first-order chi connectivity index (χ1) is 11.4. The first-order valence-electron chi connectivity index (χ1n) is 7.93. The molecule has 0 aromatic heterocycles. The molecule has 1 aliphatic carbocycles. The molecular formula is C16H20F3N3O2. The van der Waals surface area contributed by atoms with Gasteiger partial charge >= 0.3 is 6.18 Å². The molecule has 2 aliphatic rings. The Hall–Kier alpha value is -2.12. The molecule has 0 amide bonds. The van der Waals surface area contributed by atoms with Crippen molar-refractivity contribution in [3.8, 4) is 11.5 Å². The lowest BCUT2D eigenvalue weighted by atomic mass is 9.68. The molecule has 3 N–H and O–H groups in total. The molecule has 1 fully saturated rings. The largest absolute Gasteiger partial charge is 0.490 e. The minimum absolute atomic E-state index is 0.0417. The molecule has 1 aliphatic heterocycles. The van der Waals surface area contributed by atoms with E-state index in [1.54, 1.807) is 18.2 Å². The van der Waals surface area contributed by atoms with Gasteiger partial charge in [0.05, 0.1) is 25.2 Å². The minimum Gasteiger partial charge on any atom is -0.490 e. The third kappa shape index (κ3) is 3.37. The Bertz CT molecular complexity index is 627. The molecule has 1 heterocycles. The molecule has 0 saturated heterocycles. The highest BCUT2D eigenvalue weighted by molar-refractivity contribution is 5.92. The fourth-order valence-electron chi connectivity index (χ4n) is 2.80. The van der Waals surface area contributed by atoms with E-state index in [9.17, 15) is 13.2 Å². The van der Waals surface area contributed by atoms with E-state index in [2.05, 4.69) is 10.3 Å². The molecule has 1 saturated carbocycles. The van der Waals surface area contributed by atoms with Crippen molar-refractivity contribution < 1.29 is 22.6 Å². The highest BCUT2D eigenvalue weighted by Gasteiger charge is 2.58. The molecule has 3 rings (SSSR count). The minimum atomic E-state index is -4.25. The van der Waals surface area contributed by atoms with Crippen LogP contribution in [-0.2, 0) is 0 Å². The summed E-state index contributed by atoms with van der Waals surface area (Å²) in [5.74, 6) is 1.18. The molecule has 8 heteroatoms. The predicted molar refractivity (Wildman–Crippen MR) is 84.5 cm³/mol. The summed E-state index contributed by atoms with van der Waals surface area (Å²) in [6, 6.07) is 5.16. The van der Waals surface area contributed by atoms with Crippen LogP contribution in [0.3, 0.4) is 0 Å². The van der Waals surface area contributed by atoms with Crippen LogP contribution in [0.2, 0.25) is 0 Å². The van der Waals surface area contributed by atoms with E-state index in [-0.39, 0.29) is 25.3 Å². The number of fused-ring (bicyclic) bond motifs is 1. The lowest BCUT2D eigenvalue weighted by Gasteiger charge is -2.41. The van der Waals surface area contributed by atoms with Crippen molar-refractivity contribution in [2.45, 2.75) is 31.9 Å². The first kappa shape index (κ1) is 16.7. The normalized spacial score (nSPS) is 20.0. The van der Waals surface area contributed by atoms with Gasteiger partial charge in [-0.05, 0) is 25.0 Å². The van der Waals surface area contributed by atoms with Gasteiger partial charge in [-0.3, -0.25) is 4.99 Å². The maximum atomic E-state index is 13.1. The summed E-state index contributed by atoms with van der Waals surface area (Å²) in [4.78, 5) is 3.90. The van der Waals surface area contributed by atoms with Crippen LogP contribution in [0.25, 0.3) is 0 Å². The Balaban J connectivity index is 1.66. The van der Waals surface area contributed by atoms with Gasteiger partial charge in [0.15, 0.2) is 17.5 Å². The van der Waals surface area contributed by atoms with Crippen LogP contribution in [0.4, 0.5) is 18.9 Å². The number of hydrogen-bond acceptors (Lipinski definition) is 3. The average Bonchev–Trinajstić information content (AvgIpc) is 2.69. The van der Waals surface area contributed by atoms with Gasteiger partial charge in [-0.2, -0.15) is 13.2 Å². The SMILES string of the molecule is NC(=NCC1(C(F)(F)F)CCC1)Nc1ccc2c(c1)OCCCO2. The molecule has 132 valence electrons. The van der Waals surface area contributed by atoms with Crippen molar-refractivity contribution in [3.63, 3.8) is 0 Å². The van der Waals surface area contributed by atoms with Crippen molar-refractivity contribution in [3.05, 3.63) is 18.2 Å². The number of ether oxygens (including phenoxy) is 2. The fourth-order valence-corrected chi connectivity index (χ4v) is 2.80. The van der Waals surface area contributed by atoms with Crippen molar-refractivity contribution in [1.82, 2.24) is 0 Å². The van der Waals surface area contributed by atoms with Crippen LogP contribution >= 0.6 is 0 Å². The van der Waals surface area contributed by atoms with Crippen molar-refractivity contribution in [2.24, 2.45) is 16.1 Å². The second-order valence-corrected chi connectivity index (χ2v) is 6.17. The molecule has 1 aromatic rings. The third-order valence-electron chi connectivity index (χ3n) is 4.48. The van der Waals surface area contributed by atoms with Crippen LogP contribution in [-0.4, -0.2) is 31.9 Å². The maximum absolute atomic E-state index is 13.1. The van der Waals surface area contributed by atoms with E-state index < -0.39 is 11.6 Å². The number of nitrogens with zero attached hydrogens (tertiary/aromatic N) is 1. The molecule has 0 atom stereocenters. The lowest BCUT2D eigenvalue weighted by Crippen LogP contribution is -2.46. The Morgan fingerprint density at radius 1 is 1.17 bits per heavy atom. The average molecular weight is 343 g/mol. The first-order valence-corrected chi connectivity index (χ1v) is 7.93. The molecule has 0 radical (unpaired) electrons. The number of guanidine groups is 1. The number of benzene rings is 1. The van der Waals surface area contributed by atoms with Gasteiger partial charge in [-0.1, -0.05) is 6.42 Å². The van der Waals surface area contributed by atoms with Gasteiger partial charge in [-0.15, -0.1) is 0 Å². The zero-order valence-electron chi connectivity index (χ0n) is 13.2. The van der Waals surface area contributed by atoms with Crippen LogP contribution in [0, 0.1) is 5.41 Å². The van der Waals surface area contributed by atoms with Crippen LogP contribution < -0.4 is 20.5 Å². The third-order valence-corrected chi connectivity index (χ3v) is 4.48. The van der Waals surface area contributed by atoms with Crippen LogP contribution in [0.5, 0.6) is 11.5 Å². The Kier molecular flexibility index (Phi) is 4.47. The topological polar surface area (TPSA) is 68.9 Å². The molecule has 24 heavy (non-hydrogen) atoms. The number of aliphatic imine (C=N–C) groups is 1. The smallest absolute Gasteiger partial charge is 0.396 e. The van der Waals surface area contributed by atoms with Crippen molar-refractivity contribution >= 4 is 11.6 Å². The summed E-state index contributed by atoms with van der Waals surface area (Å²) < 4.78 is 50.4. The molecular weight excluding hydrogens is 323 g/mol. The molecule has 0 unspecified atom stereocenters. The second-order valence-electron chi connectivity index (χ2n) is 6.17. The standard InChI is InChI=1S/C16H20F3N3O2/c17-16(18,19)15(5-1-6-15)10-21-14(20)22-11-3-4-12-13(9-11)24-8-2-7-23-12/h3-4,9H,1-2,5-8,10H2,(H3,20,21,22). The summed E-state index contributed by atoms with van der Waals surface area (Å²) in [7, 11) is 0. The second kappa shape index (κ2) is 6.41. The quantitative estimate of drug-likeness (QED) is 0.653. The van der Waals surface area contributed by atoms with Crippen LogP contribution in [0.15, 0.2) is 23.2 Å². The summed E-state index contributed by atoms with van der Waals surface area (Å²) in [5.41, 5.74) is 4.62. The van der Waals surface area contributed by atoms with Gasteiger partial charge in [-0.25, -0.2) is 0 Å². The summed E-state index contributed by atoms with van der Waals surface area (Å²) in [5, 5.41) is 2.81. The Morgan fingerprint density at radius 3 is 2.50 bits per heavy atom. The predicted octanol–water partition coefficient (Wildman–Crippen LogP) is 3.31. The number of nitrogens with one attached hydrogen (secondary N) is 1. The van der Waals surface area contributed by atoms with E-state index in [1.807, 2.05) is 0 Å². The number of halogens is 3. The maximum Gasteiger partial charge on any atom is 0.396 e. The Labute approximate surface area is 138 Å². The number of hydrogen-bond donors (Lipinski definition) is 2. The van der Waals surface area contributed by atoms with E-state index in [4.69, 9.17) is 15.2 Å². The summed E-state index contributed by atoms with van der Waals surface area (Å²) in [6.07, 6.45) is -2.66. The van der Waals surface area contributed by atoms with Crippen molar-refractivity contribution in [2.75, 3.05) is 25.1 Å². The van der Waals surface area contributed by atoms with E-state index >= 15 is 0 Å². The zero-order valence-corrected chi connectivity index (χ0v) is 13.2. The summed E-state index contributed by atoms with van der Waals surface area (Å²) in [6.45, 7) is 0.789. The molecule has 5 nitrogen and oxygen atoms in total. The number of anilines is 1. The zero-order chi connectivity index (χ0) is 17.2.